The zero-order valence-corrected chi connectivity index (χ0v) is 33.9. The van der Waals surface area contributed by atoms with Crippen LogP contribution in [0.15, 0.2) is 36.4 Å². The number of nitrogens with two attached hydrogens (primary N) is 1. The van der Waals surface area contributed by atoms with Gasteiger partial charge in [0.2, 0.25) is 5.91 Å². The van der Waals surface area contributed by atoms with Crippen molar-refractivity contribution in [2.24, 2.45) is 17.6 Å². The summed E-state index contributed by atoms with van der Waals surface area (Å²) in [6.07, 6.45) is 6.19. The first-order valence-electron chi connectivity index (χ1n) is 18.8. The normalized spacial score (nSPS) is 24.1. The lowest BCUT2D eigenvalue weighted by molar-refractivity contribution is -0.142. The maximum atomic E-state index is 14.0. The van der Waals surface area contributed by atoms with Crippen LogP contribution < -0.4 is 11.1 Å². The van der Waals surface area contributed by atoms with E-state index in [1.54, 1.807) is 49.9 Å². The zero-order chi connectivity index (χ0) is 40.8. The van der Waals surface area contributed by atoms with E-state index in [-0.39, 0.29) is 41.1 Å². The molecule has 3 amide bonds. The number of nitrogens with zero attached hydrogens (tertiary/aromatic N) is 2. The van der Waals surface area contributed by atoms with Crippen molar-refractivity contribution in [1.29, 1.82) is 0 Å². The summed E-state index contributed by atoms with van der Waals surface area (Å²) >= 11 is 11.3. The van der Waals surface area contributed by atoms with Crippen molar-refractivity contribution in [2.45, 2.75) is 141 Å². The van der Waals surface area contributed by atoms with Crippen molar-refractivity contribution in [3.8, 4) is 0 Å². The van der Waals surface area contributed by atoms with Gasteiger partial charge in [-0.1, -0.05) is 60.3 Å². The molecule has 0 spiro atoms. The minimum atomic E-state index is -0.921. The van der Waals surface area contributed by atoms with Crippen molar-refractivity contribution in [2.75, 3.05) is 0 Å². The van der Waals surface area contributed by atoms with Gasteiger partial charge >= 0.3 is 18.2 Å². The van der Waals surface area contributed by atoms with Crippen LogP contribution in [0.4, 0.5) is 18.4 Å². The van der Waals surface area contributed by atoms with E-state index in [2.05, 4.69) is 5.32 Å². The van der Waals surface area contributed by atoms with Crippen LogP contribution in [0.5, 0.6) is 0 Å². The largest absolute Gasteiger partial charge is 0.480 e. The van der Waals surface area contributed by atoms with Gasteiger partial charge in [0.05, 0.1) is 10.0 Å². The molecule has 2 aromatic carbocycles. The van der Waals surface area contributed by atoms with Gasteiger partial charge in [0, 0.05) is 36.3 Å². The lowest BCUT2D eigenvalue weighted by atomic mass is 10.0. The van der Waals surface area contributed by atoms with Crippen LogP contribution in [-0.2, 0) is 32.2 Å². The SMILES string of the molecule is CC(C)(C)OC(=O)N1[C@H](C(=O)NCc2cccc(Cl)c2F)C[C@@H]2CCC[C@@H]21.CC(C)(C)OC(=O)N1[C@H](C(=O)O)C[C@@H]2CCC[C@@H]21.NCc1cccc(Cl)c1F. The molecular formula is C40H54Cl2F2N4O7. The van der Waals surface area contributed by atoms with Crippen molar-refractivity contribution in [1.82, 2.24) is 15.1 Å². The zero-order valence-electron chi connectivity index (χ0n) is 32.4. The Morgan fingerprint density at radius 2 is 1.20 bits per heavy atom. The molecule has 2 aliphatic heterocycles. The Morgan fingerprint density at radius 1 is 0.764 bits per heavy atom. The van der Waals surface area contributed by atoms with E-state index in [0.717, 1.165) is 38.5 Å². The number of halogens is 4. The summed E-state index contributed by atoms with van der Waals surface area (Å²) < 4.78 is 37.7. The maximum absolute atomic E-state index is 14.0. The topological polar surface area (TPSA) is 152 Å². The predicted molar refractivity (Wildman–Crippen MR) is 205 cm³/mol. The van der Waals surface area contributed by atoms with Gasteiger partial charge < -0.3 is 25.6 Å². The number of fused-ring (bicyclic) bond motifs is 2. The van der Waals surface area contributed by atoms with Gasteiger partial charge in [0.15, 0.2) is 0 Å². The van der Waals surface area contributed by atoms with Gasteiger partial charge in [-0.3, -0.25) is 14.6 Å². The van der Waals surface area contributed by atoms with Crippen molar-refractivity contribution in [3.63, 3.8) is 0 Å². The second-order valence-electron chi connectivity index (χ2n) is 16.5. The fourth-order valence-corrected chi connectivity index (χ4v) is 8.27. The molecule has 2 aliphatic carbocycles. The van der Waals surface area contributed by atoms with Crippen molar-refractivity contribution < 1.29 is 42.5 Å². The number of carboxylic acids is 1. The molecule has 15 heteroatoms. The molecule has 0 unspecified atom stereocenters. The summed E-state index contributed by atoms with van der Waals surface area (Å²) in [6, 6.07) is 8.26. The van der Waals surface area contributed by atoms with Crippen molar-refractivity contribution in [3.05, 3.63) is 69.2 Å². The van der Waals surface area contributed by atoms with E-state index in [1.807, 2.05) is 20.8 Å². The molecule has 0 radical (unpaired) electrons. The quantitative estimate of drug-likeness (QED) is 0.272. The summed E-state index contributed by atoms with van der Waals surface area (Å²) in [4.78, 5) is 52.0. The highest BCUT2D eigenvalue weighted by Crippen LogP contribution is 2.43. The number of ether oxygens (including phenoxy) is 2. The van der Waals surface area contributed by atoms with E-state index in [0.29, 0.717) is 35.8 Å². The van der Waals surface area contributed by atoms with Gasteiger partial charge in [-0.2, -0.15) is 0 Å². The number of aliphatic carboxylic acids is 1. The number of amides is 3. The van der Waals surface area contributed by atoms with Gasteiger partial charge in [-0.25, -0.2) is 23.2 Å². The second-order valence-corrected chi connectivity index (χ2v) is 17.3. The minimum Gasteiger partial charge on any atom is -0.480 e. The Bertz CT molecular complexity index is 1700. The maximum Gasteiger partial charge on any atom is 0.411 e. The molecule has 4 aliphatic rings. The van der Waals surface area contributed by atoms with Crippen LogP contribution >= 0.6 is 23.2 Å². The minimum absolute atomic E-state index is 0.0209. The van der Waals surface area contributed by atoms with Crippen LogP contribution in [0.25, 0.3) is 0 Å². The molecule has 2 heterocycles. The highest BCUT2D eigenvalue weighted by molar-refractivity contribution is 6.31. The van der Waals surface area contributed by atoms with Crippen LogP contribution in [0.1, 0.15) is 104 Å². The molecule has 6 atom stereocenters. The van der Waals surface area contributed by atoms with Crippen LogP contribution in [-0.4, -0.2) is 74.3 Å². The molecule has 0 bridgehead atoms. The molecule has 4 N–H and O–H groups in total. The number of carbonyl (C=O) groups excluding carboxylic acids is 3. The summed E-state index contributed by atoms with van der Waals surface area (Å²) in [5, 5.41) is 12.1. The van der Waals surface area contributed by atoms with Gasteiger partial charge in [-0.05, 0) is 104 Å². The average molecular weight is 812 g/mol. The van der Waals surface area contributed by atoms with Gasteiger partial charge in [0.1, 0.15) is 34.9 Å². The molecule has 11 nitrogen and oxygen atoms in total. The Labute approximate surface area is 332 Å². The summed E-state index contributed by atoms with van der Waals surface area (Å²) in [6.45, 7) is 11.0. The third-order valence-corrected chi connectivity index (χ3v) is 10.8. The Morgan fingerprint density at radius 3 is 1.64 bits per heavy atom. The number of benzene rings is 2. The fraction of sp³-hybridized carbons (Fsp3) is 0.600. The highest BCUT2D eigenvalue weighted by atomic mass is 35.5. The number of hydrogen-bond acceptors (Lipinski definition) is 7. The number of likely N-dealkylation sites (tertiary alicyclic amines) is 2. The monoisotopic (exact) mass is 810 g/mol. The molecule has 6 rings (SSSR count). The van der Waals surface area contributed by atoms with Crippen LogP contribution in [0, 0.1) is 23.5 Å². The average Bonchev–Trinajstić information content (AvgIpc) is 3.87. The second kappa shape index (κ2) is 18.5. The Hall–Kier alpha value is -3.68. The number of rotatable bonds is 5. The molecule has 4 fully saturated rings. The third-order valence-electron chi connectivity index (χ3n) is 10.2. The summed E-state index contributed by atoms with van der Waals surface area (Å²) in [5.74, 6) is -1.50. The Kier molecular flexibility index (Phi) is 14.8. The first-order chi connectivity index (χ1) is 25.7. The highest BCUT2D eigenvalue weighted by Gasteiger charge is 2.51. The van der Waals surface area contributed by atoms with Crippen molar-refractivity contribution >= 4 is 47.3 Å². The van der Waals surface area contributed by atoms with E-state index in [4.69, 9.17) is 38.4 Å². The smallest absolute Gasteiger partial charge is 0.411 e. The van der Waals surface area contributed by atoms with Gasteiger partial charge in [0.25, 0.3) is 0 Å². The molecule has 0 aromatic heterocycles. The van der Waals surface area contributed by atoms with Gasteiger partial charge in [-0.15, -0.1) is 0 Å². The first-order valence-corrected chi connectivity index (χ1v) is 19.6. The lowest BCUT2D eigenvalue weighted by Gasteiger charge is -2.31. The predicted octanol–water partition coefficient (Wildman–Crippen LogP) is 8.46. The molecule has 2 aromatic rings. The summed E-state index contributed by atoms with van der Waals surface area (Å²) in [5.41, 5.74) is 4.78. The number of nitrogens with one attached hydrogen (secondary N) is 1. The van der Waals surface area contributed by atoms with E-state index < -0.39 is 53.1 Å². The molecule has 304 valence electrons. The molecule has 2 saturated carbocycles. The number of carboxylic acid groups (broad SMARTS) is 1. The number of hydrogen-bond donors (Lipinski definition) is 3. The van der Waals surface area contributed by atoms with E-state index in [9.17, 15) is 33.1 Å². The lowest BCUT2D eigenvalue weighted by Crippen LogP contribution is -2.50. The van der Waals surface area contributed by atoms with Crippen LogP contribution in [0.3, 0.4) is 0 Å². The summed E-state index contributed by atoms with van der Waals surface area (Å²) in [7, 11) is 0. The molecule has 2 saturated heterocycles. The first kappa shape index (κ1) is 44.0. The van der Waals surface area contributed by atoms with Crippen LogP contribution in [0.2, 0.25) is 10.0 Å². The van der Waals surface area contributed by atoms with E-state index in [1.165, 1.54) is 17.0 Å². The fourth-order valence-electron chi connectivity index (χ4n) is 7.88. The number of carbonyl (C=O) groups is 4. The molecular weight excluding hydrogens is 757 g/mol. The van der Waals surface area contributed by atoms with E-state index >= 15 is 0 Å². The standard InChI is InChI=1S/C20H26ClFN2O3.C13H21NO4.C7H7ClFN/c1-20(2,3)27-19(26)24-15-9-5-6-12(15)10-16(24)18(25)23-11-13-7-4-8-14(21)17(13)22;1-13(2,3)18-12(17)14-9-6-4-5-8(9)7-10(14)11(15)16;8-6-3-1-2-5(4-10)7(6)9/h4,7-8,12,15-16H,5-6,9-11H2,1-3H3,(H,23,25);8-10H,4-7H2,1-3H3,(H,15,16);1-3H,4,10H2/t12-,15-,16-;8-,9-,10-;/m00./s1. The third kappa shape index (κ3) is 11.4. The molecule has 55 heavy (non-hydrogen) atoms. The Balaban J connectivity index is 0.000000205.